The molecule has 0 aliphatic rings. The van der Waals surface area contributed by atoms with E-state index in [-0.39, 0.29) is 11.8 Å². The van der Waals surface area contributed by atoms with Gasteiger partial charge in [0.05, 0.1) is 0 Å². The van der Waals surface area contributed by atoms with Crippen LogP contribution >= 0.6 is 28.7 Å². The predicted octanol–water partition coefficient (Wildman–Crippen LogP) is 3.79. The molecule has 0 aliphatic carbocycles. The molecule has 0 aliphatic heterocycles. The zero-order valence-corrected chi connectivity index (χ0v) is 9.33. The Balaban J connectivity index is 3.87. The van der Waals surface area contributed by atoms with Crippen LogP contribution in [0.2, 0.25) is 0 Å². The van der Waals surface area contributed by atoms with E-state index in [9.17, 15) is 0 Å². The van der Waals surface area contributed by atoms with Gasteiger partial charge in [-0.05, 0) is 0 Å². The molecular weight excluding hydrogens is 190 g/mol. The molecule has 1 nitrogen and oxygen atoms in total. The molecule has 0 bridgehead atoms. The van der Waals surface area contributed by atoms with E-state index in [1.807, 2.05) is 27.7 Å². The van der Waals surface area contributed by atoms with Gasteiger partial charge >= 0.3 is 72.7 Å². The zero-order valence-electron chi connectivity index (χ0n) is 6.82. The molecule has 0 N–H and O–H groups in total. The standard InChI is InChI=1S/C6H15Cl2OP/c1-5(2)9-10(7,8)6(3)4/h5-6,10H,1-4H3. The monoisotopic (exact) mass is 204 g/mol. The topological polar surface area (TPSA) is 9.23 Å². The van der Waals surface area contributed by atoms with Gasteiger partial charge in [-0.25, -0.2) is 0 Å². The summed E-state index contributed by atoms with van der Waals surface area (Å²) in [5, 5.41) is 0. The Labute approximate surface area is 73.0 Å². The van der Waals surface area contributed by atoms with E-state index in [4.69, 9.17) is 27.0 Å². The molecule has 0 amide bonds. The molecule has 10 heavy (non-hydrogen) atoms. The van der Waals surface area contributed by atoms with Crippen LogP contribution in [-0.2, 0) is 4.52 Å². The first-order valence-corrected chi connectivity index (χ1v) is 7.43. The van der Waals surface area contributed by atoms with E-state index in [2.05, 4.69) is 0 Å². The summed E-state index contributed by atoms with van der Waals surface area (Å²) in [7, 11) is 0. The Hall–Kier alpha value is 0.970. The van der Waals surface area contributed by atoms with E-state index < -0.39 is 6.19 Å². The van der Waals surface area contributed by atoms with E-state index in [1.165, 1.54) is 0 Å². The van der Waals surface area contributed by atoms with Gasteiger partial charge < -0.3 is 0 Å². The Morgan fingerprint density at radius 3 is 1.60 bits per heavy atom. The van der Waals surface area contributed by atoms with Gasteiger partial charge in [0.25, 0.3) is 0 Å². The van der Waals surface area contributed by atoms with Crippen LogP contribution < -0.4 is 0 Å². The molecule has 0 atom stereocenters. The van der Waals surface area contributed by atoms with Crippen molar-refractivity contribution in [3.63, 3.8) is 0 Å². The third kappa shape index (κ3) is 3.98. The fraction of sp³-hybridized carbons (Fsp3) is 1.00. The van der Waals surface area contributed by atoms with Crippen LogP contribution in [0.5, 0.6) is 0 Å². The molecule has 64 valence electrons. The maximum atomic E-state index is 5.95. The molecule has 0 aromatic carbocycles. The van der Waals surface area contributed by atoms with Crippen LogP contribution in [0.3, 0.4) is 0 Å². The molecular formula is C6H15Cl2OP. The zero-order chi connectivity index (χ0) is 8.36. The van der Waals surface area contributed by atoms with Crippen LogP contribution in [0.25, 0.3) is 0 Å². The fourth-order valence-corrected chi connectivity index (χ4v) is 2.42. The van der Waals surface area contributed by atoms with Crippen molar-refractivity contribution in [3.05, 3.63) is 0 Å². The van der Waals surface area contributed by atoms with Crippen molar-refractivity contribution in [2.24, 2.45) is 0 Å². The molecule has 0 unspecified atom stereocenters. The van der Waals surface area contributed by atoms with Crippen molar-refractivity contribution in [3.8, 4) is 0 Å². The number of hydrogen-bond acceptors (Lipinski definition) is 1. The average molecular weight is 205 g/mol. The Morgan fingerprint density at radius 1 is 1.10 bits per heavy atom. The third-order valence-electron chi connectivity index (χ3n) is 1.06. The van der Waals surface area contributed by atoms with Crippen LogP contribution in [0.4, 0.5) is 0 Å². The normalized spacial score (nSPS) is 14.8. The maximum absolute atomic E-state index is 5.95. The van der Waals surface area contributed by atoms with E-state index in [1.54, 1.807) is 0 Å². The molecule has 4 heteroatoms. The summed E-state index contributed by atoms with van der Waals surface area (Å²) >= 11 is 11.9. The van der Waals surface area contributed by atoms with Gasteiger partial charge in [-0.1, -0.05) is 0 Å². The molecule has 0 aromatic rings. The van der Waals surface area contributed by atoms with Crippen LogP contribution in [-0.4, -0.2) is 11.8 Å². The van der Waals surface area contributed by atoms with Gasteiger partial charge in [0.15, 0.2) is 0 Å². The van der Waals surface area contributed by atoms with Gasteiger partial charge in [-0.15, -0.1) is 0 Å². The van der Waals surface area contributed by atoms with Gasteiger partial charge in [0.2, 0.25) is 0 Å². The Bertz CT molecular complexity index is 104. The summed E-state index contributed by atoms with van der Waals surface area (Å²) in [6.45, 7) is 7.84. The van der Waals surface area contributed by atoms with E-state index >= 15 is 0 Å². The average Bonchev–Trinajstić information content (AvgIpc) is 1.60. The van der Waals surface area contributed by atoms with Crippen molar-refractivity contribution in [1.82, 2.24) is 0 Å². The van der Waals surface area contributed by atoms with Crippen molar-refractivity contribution < 1.29 is 4.52 Å². The molecule has 0 saturated carbocycles. The second-order valence-corrected chi connectivity index (χ2v) is 9.35. The van der Waals surface area contributed by atoms with Gasteiger partial charge in [0.1, 0.15) is 0 Å². The van der Waals surface area contributed by atoms with Crippen molar-refractivity contribution in [2.75, 3.05) is 0 Å². The summed E-state index contributed by atoms with van der Waals surface area (Å²) in [5.74, 6) is 0. The molecule has 0 rings (SSSR count). The van der Waals surface area contributed by atoms with Crippen molar-refractivity contribution in [1.29, 1.82) is 0 Å². The first-order valence-electron chi connectivity index (χ1n) is 3.42. The van der Waals surface area contributed by atoms with Crippen LogP contribution in [0, 0.1) is 0 Å². The van der Waals surface area contributed by atoms with Crippen LogP contribution in [0.15, 0.2) is 0 Å². The van der Waals surface area contributed by atoms with Crippen molar-refractivity contribution >= 4 is 28.7 Å². The second-order valence-electron chi connectivity index (χ2n) is 2.88. The molecule has 0 spiro atoms. The van der Waals surface area contributed by atoms with E-state index in [0.717, 1.165) is 0 Å². The number of halogens is 2. The summed E-state index contributed by atoms with van der Waals surface area (Å²) in [6, 6.07) is 0. The second kappa shape index (κ2) is 4.11. The Morgan fingerprint density at radius 2 is 1.50 bits per heavy atom. The SMILES string of the molecule is CC(C)O[PH](Cl)(Cl)C(C)C. The van der Waals surface area contributed by atoms with E-state index in [0.29, 0.717) is 0 Å². The molecule has 0 aromatic heterocycles. The molecule has 0 radical (unpaired) electrons. The molecule has 0 heterocycles. The summed E-state index contributed by atoms with van der Waals surface area (Å²) in [5.41, 5.74) is 0.248. The first-order chi connectivity index (χ1) is 4.36. The number of hydrogen-bond donors (Lipinski definition) is 0. The summed E-state index contributed by atoms with van der Waals surface area (Å²) in [4.78, 5) is 0. The quantitative estimate of drug-likeness (QED) is 0.636. The third-order valence-corrected chi connectivity index (χ3v) is 6.35. The Kier molecular flexibility index (Phi) is 4.51. The minimum atomic E-state index is -2.40. The minimum absolute atomic E-state index is 0.129. The van der Waals surface area contributed by atoms with Gasteiger partial charge in [0, 0.05) is 0 Å². The molecule has 0 fully saturated rings. The van der Waals surface area contributed by atoms with Crippen molar-refractivity contribution in [2.45, 2.75) is 39.5 Å². The molecule has 0 saturated heterocycles. The summed E-state index contributed by atoms with van der Waals surface area (Å²) in [6.07, 6.45) is -2.27. The summed E-state index contributed by atoms with van der Waals surface area (Å²) < 4.78 is 5.37. The van der Waals surface area contributed by atoms with Gasteiger partial charge in [-0.2, -0.15) is 0 Å². The predicted molar refractivity (Wildman–Crippen MR) is 51.4 cm³/mol. The number of rotatable bonds is 3. The van der Waals surface area contributed by atoms with Crippen LogP contribution in [0.1, 0.15) is 27.7 Å². The van der Waals surface area contributed by atoms with Gasteiger partial charge in [-0.3, -0.25) is 0 Å². The fourth-order valence-electron chi connectivity index (χ4n) is 0.450. The first kappa shape index (κ1) is 11.0.